The Hall–Kier alpha value is -1.42. The molecule has 0 saturated carbocycles. The highest BCUT2D eigenvalue weighted by atomic mass is 32.1. The van der Waals surface area contributed by atoms with Crippen LogP contribution in [0.4, 0.5) is 0 Å². The average Bonchev–Trinajstić information content (AvgIpc) is 3.32. The van der Waals surface area contributed by atoms with E-state index in [1.165, 1.54) is 88.6 Å². The first kappa shape index (κ1) is 17.7. The van der Waals surface area contributed by atoms with Crippen LogP contribution in [0.1, 0.15) is 50.7 Å². The van der Waals surface area contributed by atoms with Gasteiger partial charge in [-0.1, -0.05) is 51.0 Å². The Morgan fingerprint density at radius 2 is 1.07 bits per heavy atom. The van der Waals surface area contributed by atoms with Gasteiger partial charge in [-0.15, -0.1) is 34.0 Å². The second-order valence-corrected chi connectivity index (χ2v) is 10.6. The highest BCUT2D eigenvalue weighted by Gasteiger charge is 2.17. The first-order valence-electron chi connectivity index (χ1n) is 10.1. The molecule has 0 aliphatic heterocycles. The Morgan fingerprint density at radius 1 is 0.593 bits per heavy atom. The Balaban J connectivity index is 1.64. The molecule has 0 aliphatic carbocycles. The summed E-state index contributed by atoms with van der Waals surface area (Å²) >= 11 is 6.00. The lowest BCUT2D eigenvalue weighted by atomic mass is 10.1. The van der Waals surface area contributed by atoms with Crippen LogP contribution in [-0.4, -0.2) is 0 Å². The van der Waals surface area contributed by atoms with E-state index in [2.05, 4.69) is 50.2 Å². The monoisotopic (exact) mass is 408 g/mol. The number of thiophene rings is 3. The molecule has 3 heteroatoms. The molecular weight excluding hydrogens is 384 g/mol. The van der Waals surface area contributed by atoms with Gasteiger partial charge in [0, 0.05) is 20.2 Å². The van der Waals surface area contributed by atoms with Crippen LogP contribution >= 0.6 is 34.0 Å². The number of hydrogen-bond donors (Lipinski definition) is 0. The maximum atomic E-state index is 2.43. The van der Waals surface area contributed by atoms with Gasteiger partial charge in [-0.25, -0.2) is 0 Å². The maximum absolute atomic E-state index is 2.43. The minimum absolute atomic E-state index is 1.21. The van der Waals surface area contributed by atoms with Crippen molar-refractivity contribution in [2.24, 2.45) is 0 Å². The van der Waals surface area contributed by atoms with E-state index in [1.54, 1.807) is 0 Å². The Kier molecular flexibility index (Phi) is 4.71. The highest BCUT2D eigenvalue weighted by Crippen LogP contribution is 2.50. The smallest absolute Gasteiger partial charge is 0.0642 e. The number of hydrogen-bond acceptors (Lipinski definition) is 3. The van der Waals surface area contributed by atoms with E-state index in [0.717, 1.165) is 0 Å². The SMILES string of the molecule is CCCCc1ccc2c(c1)sc1c2sc2c3ccc(CCCC)cc3sc21. The van der Waals surface area contributed by atoms with Crippen LogP contribution in [-0.2, 0) is 12.8 Å². The molecule has 0 nitrogen and oxygen atoms in total. The van der Waals surface area contributed by atoms with E-state index in [9.17, 15) is 0 Å². The molecule has 0 fully saturated rings. The van der Waals surface area contributed by atoms with Gasteiger partial charge in [0.1, 0.15) is 0 Å². The van der Waals surface area contributed by atoms with E-state index in [-0.39, 0.29) is 0 Å². The first-order valence-corrected chi connectivity index (χ1v) is 12.5. The zero-order valence-electron chi connectivity index (χ0n) is 15.9. The summed E-state index contributed by atoms with van der Waals surface area (Å²) < 4.78 is 8.94. The van der Waals surface area contributed by atoms with Crippen LogP contribution in [0.2, 0.25) is 0 Å². The zero-order chi connectivity index (χ0) is 18.4. The van der Waals surface area contributed by atoms with Crippen LogP contribution in [0.25, 0.3) is 39.0 Å². The number of rotatable bonds is 6. The van der Waals surface area contributed by atoms with Crippen molar-refractivity contribution in [3.05, 3.63) is 47.5 Å². The normalized spacial score (nSPS) is 12.2. The minimum atomic E-state index is 1.21. The second-order valence-electron chi connectivity index (χ2n) is 7.49. The van der Waals surface area contributed by atoms with Crippen LogP contribution in [0.5, 0.6) is 0 Å². The van der Waals surface area contributed by atoms with Gasteiger partial charge in [-0.05, 0) is 48.9 Å². The third-order valence-corrected chi connectivity index (χ3v) is 9.45. The molecule has 0 spiro atoms. The lowest BCUT2D eigenvalue weighted by Gasteiger charge is -2.00. The standard InChI is InChI=1S/C24H24S3/c1-3-5-7-15-9-11-17-19(13-15)25-23-21(17)27-22-18-12-10-16(8-6-4-2)14-20(18)26-24(22)23/h9-14H,3-8H2,1-2H3. The summed E-state index contributed by atoms with van der Waals surface area (Å²) in [6.07, 6.45) is 7.51. The summed E-state index contributed by atoms with van der Waals surface area (Å²) in [5.74, 6) is 0. The fourth-order valence-corrected chi connectivity index (χ4v) is 8.30. The third-order valence-electron chi connectivity index (χ3n) is 5.47. The summed E-state index contributed by atoms with van der Waals surface area (Å²) in [4.78, 5) is 0. The fraction of sp³-hybridized carbons (Fsp3) is 0.333. The number of unbranched alkanes of at least 4 members (excludes halogenated alkanes) is 2. The van der Waals surface area contributed by atoms with Gasteiger partial charge in [0.25, 0.3) is 0 Å². The van der Waals surface area contributed by atoms with Crippen molar-refractivity contribution in [2.45, 2.75) is 52.4 Å². The fourth-order valence-electron chi connectivity index (χ4n) is 3.91. The lowest BCUT2D eigenvalue weighted by molar-refractivity contribution is 0.796. The maximum Gasteiger partial charge on any atom is 0.0642 e. The molecule has 0 aliphatic rings. The van der Waals surface area contributed by atoms with E-state index in [1.807, 2.05) is 34.0 Å². The first-order chi connectivity index (χ1) is 13.3. The Labute approximate surface area is 172 Å². The predicted molar refractivity (Wildman–Crippen MR) is 127 cm³/mol. The average molecular weight is 409 g/mol. The molecule has 3 aromatic heterocycles. The minimum Gasteiger partial charge on any atom is -0.133 e. The summed E-state index contributed by atoms with van der Waals surface area (Å²) in [6, 6.07) is 14.3. The van der Waals surface area contributed by atoms with Gasteiger partial charge in [-0.2, -0.15) is 0 Å². The van der Waals surface area contributed by atoms with Crippen molar-refractivity contribution in [1.82, 2.24) is 0 Å². The molecule has 0 radical (unpaired) electrons. The molecule has 3 heterocycles. The van der Waals surface area contributed by atoms with Crippen LogP contribution in [0.3, 0.4) is 0 Å². The van der Waals surface area contributed by atoms with Crippen molar-refractivity contribution in [1.29, 1.82) is 0 Å². The van der Waals surface area contributed by atoms with E-state index in [0.29, 0.717) is 0 Å². The molecule has 0 N–H and O–H groups in total. The molecule has 0 atom stereocenters. The zero-order valence-corrected chi connectivity index (χ0v) is 18.4. The molecule has 2 aromatic carbocycles. The molecule has 5 rings (SSSR count). The largest absolute Gasteiger partial charge is 0.133 e. The van der Waals surface area contributed by atoms with Crippen molar-refractivity contribution >= 4 is 73.0 Å². The van der Waals surface area contributed by atoms with E-state index < -0.39 is 0 Å². The van der Waals surface area contributed by atoms with Crippen molar-refractivity contribution in [3.8, 4) is 0 Å². The van der Waals surface area contributed by atoms with Crippen LogP contribution < -0.4 is 0 Å². The molecule has 0 bridgehead atoms. The van der Waals surface area contributed by atoms with Crippen LogP contribution in [0, 0.1) is 0 Å². The van der Waals surface area contributed by atoms with E-state index in [4.69, 9.17) is 0 Å². The Bertz CT molecular complexity index is 1150. The predicted octanol–water partition coefficient (Wildman–Crippen LogP) is 9.17. The highest BCUT2D eigenvalue weighted by molar-refractivity contribution is 7.43. The van der Waals surface area contributed by atoms with Crippen molar-refractivity contribution in [2.75, 3.05) is 0 Å². The number of fused-ring (bicyclic) bond motifs is 7. The molecule has 138 valence electrons. The van der Waals surface area contributed by atoms with Crippen LogP contribution in [0.15, 0.2) is 36.4 Å². The molecular formula is C24H24S3. The summed E-state index contributed by atoms with van der Waals surface area (Å²) in [5, 5.41) is 2.91. The number of aryl methyl sites for hydroxylation is 2. The number of benzene rings is 2. The third kappa shape index (κ3) is 3.00. The van der Waals surface area contributed by atoms with Gasteiger partial charge in [0.2, 0.25) is 0 Å². The summed E-state index contributed by atoms with van der Waals surface area (Å²) in [6.45, 7) is 4.54. The van der Waals surface area contributed by atoms with Crippen molar-refractivity contribution < 1.29 is 0 Å². The molecule has 0 unspecified atom stereocenters. The topological polar surface area (TPSA) is 0 Å². The molecule has 0 amide bonds. The molecule has 27 heavy (non-hydrogen) atoms. The summed E-state index contributed by atoms with van der Waals surface area (Å²) in [5.41, 5.74) is 2.98. The molecule has 0 saturated heterocycles. The Morgan fingerprint density at radius 3 is 1.52 bits per heavy atom. The van der Waals surface area contributed by atoms with Gasteiger partial charge < -0.3 is 0 Å². The summed E-state index contributed by atoms with van der Waals surface area (Å²) in [7, 11) is 0. The van der Waals surface area contributed by atoms with E-state index >= 15 is 0 Å². The lowest BCUT2D eigenvalue weighted by Crippen LogP contribution is -1.82. The quantitative estimate of drug-likeness (QED) is 0.263. The van der Waals surface area contributed by atoms with Gasteiger partial charge in [-0.3, -0.25) is 0 Å². The van der Waals surface area contributed by atoms with Crippen molar-refractivity contribution in [3.63, 3.8) is 0 Å². The van der Waals surface area contributed by atoms with Gasteiger partial charge in [0.15, 0.2) is 0 Å². The second kappa shape index (κ2) is 7.20. The van der Waals surface area contributed by atoms with Gasteiger partial charge in [0.05, 0.1) is 18.8 Å². The molecule has 5 aromatic rings. The van der Waals surface area contributed by atoms with Gasteiger partial charge >= 0.3 is 0 Å².